The number of carbonyl (C=O) groups excluding carboxylic acids is 1. The molecule has 1 aliphatic rings. The summed E-state index contributed by atoms with van der Waals surface area (Å²) in [5.41, 5.74) is 3.01. The van der Waals surface area contributed by atoms with E-state index in [1.165, 1.54) is 23.5 Å². The van der Waals surface area contributed by atoms with E-state index in [1.807, 2.05) is 79.7 Å². The molecular formula is C27H21BrN4O2S2. The molecule has 0 N–H and O–H groups in total. The second kappa shape index (κ2) is 11.3. The number of nitrogens with zero attached hydrogens (tertiary/aromatic N) is 4. The van der Waals surface area contributed by atoms with E-state index in [-0.39, 0.29) is 5.91 Å². The van der Waals surface area contributed by atoms with Gasteiger partial charge in [0.15, 0.2) is 15.4 Å². The van der Waals surface area contributed by atoms with Crippen LogP contribution in [0.3, 0.4) is 0 Å². The summed E-state index contributed by atoms with van der Waals surface area (Å²) in [7, 11) is 0. The first kappa shape index (κ1) is 24.5. The maximum atomic E-state index is 13.4. The number of aromatic nitrogens is 2. The van der Waals surface area contributed by atoms with Gasteiger partial charge >= 0.3 is 0 Å². The third-order valence-corrected chi connectivity index (χ3v) is 7.98. The maximum Gasteiger partial charge on any atom is 0.267 e. The summed E-state index contributed by atoms with van der Waals surface area (Å²) >= 11 is 6.24. The lowest BCUT2D eigenvalue weighted by Gasteiger charge is -2.15. The Hall–Kier alpha value is -3.14. The van der Waals surface area contributed by atoms with Crippen molar-refractivity contribution < 1.29 is 9.21 Å². The molecule has 1 saturated heterocycles. The van der Waals surface area contributed by atoms with E-state index < -0.39 is 0 Å². The number of hydrogen-bond donors (Lipinski definition) is 0. The van der Waals surface area contributed by atoms with E-state index in [9.17, 15) is 4.79 Å². The van der Waals surface area contributed by atoms with Gasteiger partial charge in [0.1, 0.15) is 5.76 Å². The van der Waals surface area contributed by atoms with Crippen LogP contribution in [-0.2, 0) is 17.9 Å². The van der Waals surface area contributed by atoms with Gasteiger partial charge in [-0.2, -0.15) is 0 Å². The van der Waals surface area contributed by atoms with Crippen LogP contribution < -0.4 is 0 Å². The van der Waals surface area contributed by atoms with Gasteiger partial charge in [0.25, 0.3) is 5.91 Å². The van der Waals surface area contributed by atoms with Crippen molar-refractivity contribution in [3.05, 3.63) is 111 Å². The number of rotatable bonds is 7. The van der Waals surface area contributed by atoms with Crippen LogP contribution in [0.25, 0.3) is 6.08 Å². The number of furan rings is 1. The summed E-state index contributed by atoms with van der Waals surface area (Å²) in [6, 6.07) is 23.6. The van der Waals surface area contributed by atoms with Gasteiger partial charge in [-0.15, -0.1) is 0 Å². The van der Waals surface area contributed by atoms with Gasteiger partial charge in [-0.05, 0) is 69.6 Å². The SMILES string of the molecule is Cc1ccnc(Sc2oc(/C=C3/SC(=NCc4ccccc4)N(Cc4ccccc4)C3=O)cc2Br)n1. The van der Waals surface area contributed by atoms with Crippen LogP contribution >= 0.6 is 39.5 Å². The Kier molecular flexibility index (Phi) is 7.69. The first-order valence-electron chi connectivity index (χ1n) is 11.2. The lowest BCUT2D eigenvalue weighted by atomic mass is 10.2. The fourth-order valence-electron chi connectivity index (χ4n) is 3.47. The third kappa shape index (κ3) is 5.98. The normalized spacial score (nSPS) is 15.8. The van der Waals surface area contributed by atoms with E-state index in [0.29, 0.717) is 39.2 Å². The predicted molar refractivity (Wildman–Crippen MR) is 147 cm³/mol. The molecule has 5 rings (SSSR count). The zero-order valence-electron chi connectivity index (χ0n) is 19.3. The number of amides is 1. The standard InChI is InChI=1S/C27H21BrN4O2S2/c1-18-12-13-29-26(31-18)36-25-22(28)14-21(34-25)15-23-24(33)32(17-20-10-6-3-7-11-20)27(35-23)30-16-19-8-4-2-5-9-19/h2-15H,16-17H2,1H3/b23-15+,30-27?. The first-order valence-corrected chi connectivity index (χ1v) is 13.6. The van der Waals surface area contributed by atoms with Crippen LogP contribution in [0.15, 0.2) is 108 Å². The molecule has 0 saturated carbocycles. The topological polar surface area (TPSA) is 71.6 Å². The number of benzene rings is 2. The highest BCUT2D eigenvalue weighted by atomic mass is 79.9. The molecule has 0 atom stereocenters. The quantitative estimate of drug-likeness (QED) is 0.175. The number of halogens is 1. The van der Waals surface area contributed by atoms with Gasteiger partial charge in [0.2, 0.25) is 0 Å². The lowest BCUT2D eigenvalue weighted by Crippen LogP contribution is -2.28. The number of carbonyl (C=O) groups is 1. The lowest BCUT2D eigenvalue weighted by molar-refractivity contribution is -0.122. The van der Waals surface area contributed by atoms with E-state index >= 15 is 0 Å². The summed E-state index contributed by atoms with van der Waals surface area (Å²) in [5.74, 6) is 0.469. The van der Waals surface area contributed by atoms with E-state index in [0.717, 1.165) is 21.3 Å². The molecule has 6 nitrogen and oxygen atoms in total. The van der Waals surface area contributed by atoms with Crippen molar-refractivity contribution in [1.82, 2.24) is 14.9 Å². The van der Waals surface area contributed by atoms with Gasteiger partial charge in [0, 0.05) is 18.0 Å². The zero-order chi connectivity index (χ0) is 24.9. The van der Waals surface area contributed by atoms with Gasteiger partial charge in [0.05, 0.1) is 22.5 Å². The Morgan fingerprint density at radius 1 is 1.08 bits per heavy atom. The van der Waals surface area contributed by atoms with Crippen LogP contribution in [-0.4, -0.2) is 25.9 Å². The number of amidine groups is 1. The molecule has 2 aromatic heterocycles. The molecule has 0 bridgehead atoms. The highest BCUT2D eigenvalue weighted by molar-refractivity contribution is 9.10. The van der Waals surface area contributed by atoms with Gasteiger partial charge in [-0.3, -0.25) is 14.7 Å². The van der Waals surface area contributed by atoms with Crippen molar-refractivity contribution in [2.75, 3.05) is 0 Å². The van der Waals surface area contributed by atoms with Gasteiger partial charge in [-0.1, -0.05) is 60.7 Å². The number of thioether (sulfide) groups is 1. The van der Waals surface area contributed by atoms with Crippen molar-refractivity contribution in [3.8, 4) is 0 Å². The van der Waals surface area contributed by atoms with Crippen molar-refractivity contribution in [1.29, 1.82) is 0 Å². The van der Waals surface area contributed by atoms with Crippen LogP contribution in [0, 0.1) is 6.92 Å². The molecule has 0 radical (unpaired) electrons. The van der Waals surface area contributed by atoms with Crippen molar-refractivity contribution in [2.24, 2.45) is 4.99 Å². The molecule has 4 aromatic rings. The average Bonchev–Trinajstić information content (AvgIpc) is 3.37. The largest absolute Gasteiger partial charge is 0.449 e. The summed E-state index contributed by atoms with van der Waals surface area (Å²) < 4.78 is 6.80. The third-order valence-electron chi connectivity index (χ3n) is 5.22. The van der Waals surface area contributed by atoms with E-state index in [2.05, 4.69) is 25.9 Å². The second-order valence-electron chi connectivity index (χ2n) is 7.94. The average molecular weight is 578 g/mol. The molecule has 1 amide bonds. The fourth-order valence-corrected chi connectivity index (χ4v) is 5.74. The van der Waals surface area contributed by atoms with Gasteiger partial charge < -0.3 is 4.42 Å². The molecule has 2 aromatic carbocycles. The molecule has 3 heterocycles. The van der Waals surface area contributed by atoms with Crippen LogP contribution in [0.1, 0.15) is 22.6 Å². The highest BCUT2D eigenvalue weighted by Crippen LogP contribution is 2.38. The highest BCUT2D eigenvalue weighted by Gasteiger charge is 2.33. The predicted octanol–water partition coefficient (Wildman–Crippen LogP) is 6.96. The van der Waals surface area contributed by atoms with Gasteiger partial charge in [-0.25, -0.2) is 9.97 Å². The van der Waals surface area contributed by atoms with Crippen molar-refractivity contribution >= 4 is 56.6 Å². The Labute approximate surface area is 226 Å². The minimum absolute atomic E-state index is 0.0978. The monoisotopic (exact) mass is 576 g/mol. The molecule has 180 valence electrons. The molecule has 9 heteroatoms. The molecule has 1 aliphatic heterocycles. The molecule has 1 fully saturated rings. The molecular weight excluding hydrogens is 556 g/mol. The Bertz CT molecular complexity index is 1440. The molecule has 36 heavy (non-hydrogen) atoms. The molecule has 0 spiro atoms. The minimum atomic E-state index is -0.0978. The van der Waals surface area contributed by atoms with E-state index in [1.54, 1.807) is 17.2 Å². The minimum Gasteiger partial charge on any atom is -0.449 e. The number of hydrogen-bond acceptors (Lipinski definition) is 7. The van der Waals surface area contributed by atoms with Crippen molar-refractivity contribution in [2.45, 2.75) is 30.3 Å². The van der Waals surface area contributed by atoms with Crippen molar-refractivity contribution in [3.63, 3.8) is 0 Å². The molecule has 0 unspecified atom stereocenters. The van der Waals surface area contributed by atoms with Crippen LogP contribution in [0.2, 0.25) is 0 Å². The fraction of sp³-hybridized carbons (Fsp3) is 0.111. The Balaban J connectivity index is 1.40. The summed E-state index contributed by atoms with van der Waals surface area (Å²) in [6.45, 7) is 2.86. The first-order chi connectivity index (χ1) is 17.5. The Morgan fingerprint density at radius 3 is 2.53 bits per heavy atom. The van der Waals surface area contributed by atoms with E-state index in [4.69, 9.17) is 9.41 Å². The van der Waals surface area contributed by atoms with Crippen LogP contribution in [0.4, 0.5) is 0 Å². The summed E-state index contributed by atoms with van der Waals surface area (Å²) in [6.07, 6.45) is 3.48. The smallest absolute Gasteiger partial charge is 0.267 e. The Morgan fingerprint density at radius 2 is 1.81 bits per heavy atom. The molecule has 0 aliphatic carbocycles. The summed E-state index contributed by atoms with van der Waals surface area (Å²) in [4.78, 5) is 29.2. The number of aryl methyl sites for hydroxylation is 1. The maximum absolute atomic E-state index is 13.4. The van der Waals surface area contributed by atoms with Crippen LogP contribution in [0.5, 0.6) is 0 Å². The summed E-state index contributed by atoms with van der Waals surface area (Å²) in [5, 5.41) is 1.90. The number of aliphatic imine (C=N–C) groups is 1. The second-order valence-corrected chi connectivity index (χ2v) is 10.7. The zero-order valence-corrected chi connectivity index (χ0v) is 22.5.